The summed E-state index contributed by atoms with van der Waals surface area (Å²) in [6.07, 6.45) is 3.20. The van der Waals surface area contributed by atoms with Gasteiger partial charge in [-0.3, -0.25) is 0 Å². The van der Waals surface area contributed by atoms with E-state index in [1.165, 1.54) is 12.8 Å². The molecule has 1 N–H and O–H groups in total. The van der Waals surface area contributed by atoms with Crippen molar-refractivity contribution in [1.82, 2.24) is 9.62 Å². The molecular formula is C12H26N2O2S. The average Bonchev–Trinajstić information content (AvgIpc) is 2.67. The van der Waals surface area contributed by atoms with E-state index in [2.05, 4.69) is 23.5 Å². The molecule has 1 aliphatic heterocycles. The van der Waals surface area contributed by atoms with E-state index in [0.717, 1.165) is 19.5 Å². The standard InChI is InChI=1S/C12H26N2O2S/c1-4-6-11(3)9-14-8-7-12(10-14)17(15,16)13-5-2/h11-13H,4-10H2,1-3H3/t11-,12+/m0/s1. The van der Waals surface area contributed by atoms with Crippen LogP contribution in [0.1, 0.15) is 40.0 Å². The van der Waals surface area contributed by atoms with Crippen LogP contribution in [0.25, 0.3) is 0 Å². The lowest BCUT2D eigenvalue weighted by molar-refractivity contribution is 0.279. The quantitative estimate of drug-likeness (QED) is 0.755. The minimum Gasteiger partial charge on any atom is -0.302 e. The van der Waals surface area contributed by atoms with E-state index in [0.29, 0.717) is 19.0 Å². The SMILES string of the molecule is CCC[C@H](C)CN1CC[C@@H](S(=O)(=O)NCC)C1. The van der Waals surface area contributed by atoms with Crippen LogP contribution in [0.4, 0.5) is 0 Å². The molecule has 1 rings (SSSR count). The predicted octanol–water partition coefficient (Wildman–Crippen LogP) is 1.44. The summed E-state index contributed by atoms with van der Waals surface area (Å²) in [6, 6.07) is 0. The number of hydrogen-bond acceptors (Lipinski definition) is 3. The van der Waals surface area contributed by atoms with Crippen molar-refractivity contribution in [2.75, 3.05) is 26.2 Å². The number of rotatable bonds is 7. The fraction of sp³-hybridized carbons (Fsp3) is 1.00. The number of likely N-dealkylation sites (tertiary alicyclic amines) is 1. The van der Waals surface area contributed by atoms with E-state index in [1.807, 2.05) is 6.92 Å². The molecule has 2 atom stereocenters. The first-order valence-electron chi connectivity index (χ1n) is 6.70. The van der Waals surface area contributed by atoms with Gasteiger partial charge in [-0.15, -0.1) is 0 Å². The van der Waals surface area contributed by atoms with Crippen LogP contribution in [0.5, 0.6) is 0 Å². The van der Waals surface area contributed by atoms with Crippen LogP contribution in [0.2, 0.25) is 0 Å². The van der Waals surface area contributed by atoms with Gasteiger partial charge in [0.1, 0.15) is 0 Å². The smallest absolute Gasteiger partial charge is 0.215 e. The molecule has 0 aromatic heterocycles. The molecule has 0 aliphatic carbocycles. The van der Waals surface area contributed by atoms with E-state index >= 15 is 0 Å². The van der Waals surface area contributed by atoms with E-state index in [-0.39, 0.29) is 5.25 Å². The van der Waals surface area contributed by atoms with Crippen molar-refractivity contribution in [3.05, 3.63) is 0 Å². The minimum atomic E-state index is -3.08. The fourth-order valence-corrected chi connectivity index (χ4v) is 4.02. The largest absolute Gasteiger partial charge is 0.302 e. The predicted molar refractivity (Wildman–Crippen MR) is 71.5 cm³/mol. The summed E-state index contributed by atoms with van der Waals surface area (Å²) in [5.74, 6) is 0.667. The molecule has 0 aromatic carbocycles. The third-order valence-electron chi connectivity index (χ3n) is 3.36. The van der Waals surface area contributed by atoms with Gasteiger partial charge in [-0.2, -0.15) is 0 Å². The highest BCUT2D eigenvalue weighted by Crippen LogP contribution is 2.18. The molecule has 1 fully saturated rings. The van der Waals surface area contributed by atoms with Crippen LogP contribution in [0.3, 0.4) is 0 Å². The van der Waals surface area contributed by atoms with Gasteiger partial charge >= 0.3 is 0 Å². The maximum atomic E-state index is 11.9. The monoisotopic (exact) mass is 262 g/mol. The van der Waals surface area contributed by atoms with E-state index in [1.54, 1.807) is 0 Å². The van der Waals surface area contributed by atoms with Gasteiger partial charge in [0.2, 0.25) is 10.0 Å². The fourth-order valence-electron chi connectivity index (χ4n) is 2.56. The summed E-state index contributed by atoms with van der Waals surface area (Å²) in [5.41, 5.74) is 0. The van der Waals surface area contributed by atoms with E-state index in [9.17, 15) is 8.42 Å². The van der Waals surface area contributed by atoms with E-state index < -0.39 is 10.0 Å². The molecule has 1 aliphatic rings. The molecule has 1 saturated heterocycles. The second kappa shape index (κ2) is 6.71. The Labute approximate surface area is 106 Å². The van der Waals surface area contributed by atoms with Crippen molar-refractivity contribution in [3.8, 4) is 0 Å². The average molecular weight is 262 g/mol. The highest BCUT2D eigenvalue weighted by Gasteiger charge is 2.32. The molecule has 1 heterocycles. The summed E-state index contributed by atoms with van der Waals surface area (Å²) in [5, 5.41) is -0.212. The number of hydrogen-bond donors (Lipinski definition) is 1. The number of nitrogens with one attached hydrogen (secondary N) is 1. The zero-order valence-corrected chi connectivity index (χ0v) is 12.1. The van der Waals surface area contributed by atoms with Crippen molar-refractivity contribution in [1.29, 1.82) is 0 Å². The normalized spacial score (nSPS) is 24.1. The molecule has 17 heavy (non-hydrogen) atoms. The lowest BCUT2D eigenvalue weighted by Gasteiger charge is -2.20. The van der Waals surface area contributed by atoms with Crippen molar-refractivity contribution in [2.24, 2.45) is 5.92 Å². The maximum Gasteiger partial charge on any atom is 0.215 e. The van der Waals surface area contributed by atoms with Gasteiger partial charge in [-0.05, 0) is 25.3 Å². The first-order chi connectivity index (χ1) is 7.99. The highest BCUT2D eigenvalue weighted by atomic mass is 32.2. The summed E-state index contributed by atoms with van der Waals surface area (Å²) in [7, 11) is -3.08. The van der Waals surface area contributed by atoms with Crippen LogP contribution < -0.4 is 4.72 Å². The van der Waals surface area contributed by atoms with Gasteiger partial charge in [-0.1, -0.05) is 27.2 Å². The van der Waals surface area contributed by atoms with Crippen molar-refractivity contribution < 1.29 is 8.42 Å². The van der Waals surface area contributed by atoms with Gasteiger partial charge in [0.05, 0.1) is 5.25 Å². The molecule has 0 saturated carbocycles. The van der Waals surface area contributed by atoms with E-state index in [4.69, 9.17) is 0 Å². The van der Waals surface area contributed by atoms with Gasteiger partial charge in [0.25, 0.3) is 0 Å². The molecule has 0 aromatic rings. The second-order valence-electron chi connectivity index (χ2n) is 5.11. The summed E-state index contributed by atoms with van der Waals surface area (Å²) >= 11 is 0. The first kappa shape index (κ1) is 14.9. The molecule has 0 spiro atoms. The van der Waals surface area contributed by atoms with Crippen LogP contribution >= 0.6 is 0 Å². The van der Waals surface area contributed by atoms with Gasteiger partial charge in [0, 0.05) is 19.6 Å². The minimum absolute atomic E-state index is 0.212. The zero-order valence-electron chi connectivity index (χ0n) is 11.3. The lowest BCUT2D eigenvalue weighted by atomic mass is 10.1. The Bertz CT molecular complexity index is 316. The Morgan fingerprint density at radius 2 is 2.12 bits per heavy atom. The Morgan fingerprint density at radius 1 is 1.41 bits per heavy atom. The van der Waals surface area contributed by atoms with Crippen LogP contribution in [0.15, 0.2) is 0 Å². The summed E-state index contributed by atoms with van der Waals surface area (Å²) in [6.45, 7) is 9.41. The highest BCUT2D eigenvalue weighted by molar-refractivity contribution is 7.90. The third-order valence-corrected chi connectivity index (χ3v) is 5.32. The second-order valence-corrected chi connectivity index (χ2v) is 7.15. The maximum absolute atomic E-state index is 11.9. The first-order valence-corrected chi connectivity index (χ1v) is 8.25. The van der Waals surface area contributed by atoms with Crippen LogP contribution in [-0.2, 0) is 10.0 Å². The van der Waals surface area contributed by atoms with Crippen LogP contribution in [0, 0.1) is 5.92 Å². The summed E-state index contributed by atoms with van der Waals surface area (Å²) in [4.78, 5) is 2.29. The Kier molecular flexibility index (Phi) is 5.89. The molecule has 102 valence electrons. The van der Waals surface area contributed by atoms with Gasteiger partial charge in [-0.25, -0.2) is 13.1 Å². The van der Waals surface area contributed by atoms with Gasteiger partial charge in [0.15, 0.2) is 0 Å². The molecule has 4 nitrogen and oxygen atoms in total. The van der Waals surface area contributed by atoms with Crippen molar-refractivity contribution in [3.63, 3.8) is 0 Å². The summed E-state index contributed by atoms with van der Waals surface area (Å²) < 4.78 is 26.3. The van der Waals surface area contributed by atoms with Gasteiger partial charge < -0.3 is 4.90 Å². The lowest BCUT2D eigenvalue weighted by Crippen LogP contribution is -2.36. The molecular weight excluding hydrogens is 236 g/mol. The third kappa shape index (κ3) is 4.56. The number of nitrogens with zero attached hydrogens (tertiary/aromatic N) is 1. The molecule has 0 amide bonds. The Morgan fingerprint density at radius 3 is 2.71 bits per heavy atom. The number of sulfonamides is 1. The van der Waals surface area contributed by atoms with Crippen LogP contribution in [-0.4, -0.2) is 44.7 Å². The molecule has 0 radical (unpaired) electrons. The topological polar surface area (TPSA) is 49.4 Å². The van der Waals surface area contributed by atoms with Crippen molar-refractivity contribution >= 4 is 10.0 Å². The Balaban J connectivity index is 2.42. The molecule has 0 bridgehead atoms. The Hall–Kier alpha value is -0.130. The molecule has 0 unspecified atom stereocenters. The van der Waals surface area contributed by atoms with Crippen molar-refractivity contribution in [2.45, 2.75) is 45.3 Å². The molecule has 5 heteroatoms. The zero-order chi connectivity index (χ0) is 12.9.